The van der Waals surface area contributed by atoms with Crippen LogP contribution in [0.25, 0.3) is 0 Å². The molecule has 0 spiro atoms. The number of pyridine rings is 1. The zero-order valence-corrected chi connectivity index (χ0v) is 11.9. The van der Waals surface area contributed by atoms with Crippen molar-refractivity contribution in [2.75, 3.05) is 13.3 Å². The molecule has 0 bridgehead atoms. The zero-order valence-electron chi connectivity index (χ0n) is 11.0. The minimum atomic E-state index is -3.26. The van der Waals surface area contributed by atoms with E-state index in [1.54, 1.807) is 25.4 Å². The zero-order chi connectivity index (χ0) is 13.9. The highest BCUT2D eigenvalue weighted by atomic mass is 32.2. The van der Waals surface area contributed by atoms with Crippen molar-refractivity contribution < 1.29 is 8.42 Å². The monoisotopic (exact) mass is 282 g/mol. The predicted octanol–water partition coefficient (Wildman–Crippen LogP) is 0.313. The second kappa shape index (κ2) is 5.56. The van der Waals surface area contributed by atoms with Gasteiger partial charge in [0.1, 0.15) is 0 Å². The van der Waals surface area contributed by atoms with Crippen molar-refractivity contribution in [3.8, 4) is 0 Å². The maximum absolute atomic E-state index is 11.6. The van der Waals surface area contributed by atoms with Crippen molar-refractivity contribution in [3.63, 3.8) is 0 Å². The molecular formula is C12H18N4O2S. The first-order chi connectivity index (χ1) is 9.00. The summed E-state index contributed by atoms with van der Waals surface area (Å²) in [4.78, 5) is 8.47. The fraction of sp³-hybridized carbons (Fsp3) is 0.500. The molecule has 1 saturated carbocycles. The van der Waals surface area contributed by atoms with E-state index >= 15 is 0 Å². The number of nitrogens with one attached hydrogen (secondary N) is 2. The quantitative estimate of drug-likeness (QED) is 0.613. The number of hydrogen-bond acceptors (Lipinski definition) is 4. The molecule has 104 valence electrons. The number of sulfone groups is 1. The van der Waals surface area contributed by atoms with E-state index in [1.165, 1.54) is 6.26 Å². The van der Waals surface area contributed by atoms with E-state index in [1.807, 2.05) is 0 Å². The molecule has 1 aliphatic carbocycles. The Balaban J connectivity index is 2.06. The van der Waals surface area contributed by atoms with Gasteiger partial charge in [0, 0.05) is 25.5 Å². The van der Waals surface area contributed by atoms with Crippen LogP contribution in [0.3, 0.4) is 0 Å². The molecule has 2 rings (SSSR count). The van der Waals surface area contributed by atoms with Crippen molar-refractivity contribution in [1.82, 2.24) is 15.6 Å². The van der Waals surface area contributed by atoms with Gasteiger partial charge >= 0.3 is 0 Å². The normalized spacial score (nSPS) is 16.2. The third-order valence-electron chi connectivity index (χ3n) is 2.81. The Morgan fingerprint density at radius 3 is 2.84 bits per heavy atom. The van der Waals surface area contributed by atoms with E-state index in [9.17, 15) is 8.42 Å². The highest BCUT2D eigenvalue weighted by Gasteiger charge is 2.22. The average molecular weight is 282 g/mol. The van der Waals surface area contributed by atoms with Gasteiger partial charge < -0.3 is 10.6 Å². The minimum absolute atomic E-state index is 0.254. The molecule has 1 fully saturated rings. The number of guanidine groups is 1. The van der Waals surface area contributed by atoms with Gasteiger partial charge in [0.2, 0.25) is 0 Å². The van der Waals surface area contributed by atoms with Gasteiger partial charge in [-0.05, 0) is 25.0 Å². The van der Waals surface area contributed by atoms with Crippen LogP contribution in [0.5, 0.6) is 0 Å². The van der Waals surface area contributed by atoms with Gasteiger partial charge in [0.15, 0.2) is 15.8 Å². The number of hydrogen-bond donors (Lipinski definition) is 2. The summed E-state index contributed by atoms with van der Waals surface area (Å²) < 4.78 is 23.3. The summed E-state index contributed by atoms with van der Waals surface area (Å²) >= 11 is 0. The lowest BCUT2D eigenvalue weighted by atomic mass is 10.3. The Morgan fingerprint density at radius 1 is 1.53 bits per heavy atom. The molecule has 1 aromatic rings. The fourth-order valence-corrected chi connectivity index (χ4v) is 2.56. The van der Waals surface area contributed by atoms with Gasteiger partial charge in [-0.1, -0.05) is 0 Å². The molecule has 0 unspecified atom stereocenters. The summed E-state index contributed by atoms with van der Waals surface area (Å²) in [7, 11) is -1.57. The molecule has 6 nitrogen and oxygen atoms in total. The Hall–Kier alpha value is -1.63. The lowest BCUT2D eigenvalue weighted by Crippen LogP contribution is -2.38. The van der Waals surface area contributed by atoms with Crippen LogP contribution in [0.15, 0.2) is 28.2 Å². The summed E-state index contributed by atoms with van der Waals surface area (Å²) in [6.07, 6.45) is 5.07. The highest BCUT2D eigenvalue weighted by molar-refractivity contribution is 7.90. The van der Waals surface area contributed by atoms with E-state index < -0.39 is 9.84 Å². The molecule has 0 amide bonds. The molecule has 19 heavy (non-hydrogen) atoms. The number of nitrogens with zero attached hydrogens (tertiary/aromatic N) is 2. The Bertz CT molecular complexity index is 579. The van der Waals surface area contributed by atoms with E-state index in [4.69, 9.17) is 0 Å². The number of rotatable bonds is 4. The smallest absolute Gasteiger partial charge is 0.191 e. The van der Waals surface area contributed by atoms with Gasteiger partial charge in [-0.25, -0.2) is 8.42 Å². The van der Waals surface area contributed by atoms with Crippen molar-refractivity contribution in [1.29, 1.82) is 0 Å². The standard InChI is InChI=1S/C12H18N4O2S/c1-13-12(16-9-5-6-9)15-8-10-11(19(2,17)18)4-3-7-14-10/h3-4,7,9H,5-6,8H2,1-2H3,(H2,13,15,16). The third-order valence-corrected chi connectivity index (χ3v) is 3.98. The second-order valence-corrected chi connectivity index (χ2v) is 6.55. The third kappa shape index (κ3) is 3.92. The largest absolute Gasteiger partial charge is 0.354 e. The minimum Gasteiger partial charge on any atom is -0.354 e. The molecule has 1 aromatic heterocycles. The van der Waals surface area contributed by atoms with Crippen LogP contribution in [0.1, 0.15) is 18.5 Å². The molecule has 1 aliphatic rings. The Kier molecular flexibility index (Phi) is 4.04. The molecule has 0 atom stereocenters. The Morgan fingerprint density at radius 2 is 2.26 bits per heavy atom. The molecule has 7 heteroatoms. The van der Waals surface area contributed by atoms with Crippen molar-refractivity contribution >= 4 is 15.8 Å². The second-order valence-electron chi connectivity index (χ2n) is 4.56. The first-order valence-electron chi connectivity index (χ1n) is 6.12. The van der Waals surface area contributed by atoms with Crippen LogP contribution in [0, 0.1) is 0 Å². The first kappa shape index (κ1) is 13.8. The van der Waals surface area contributed by atoms with Gasteiger partial charge in [-0.2, -0.15) is 0 Å². The highest BCUT2D eigenvalue weighted by Crippen LogP contribution is 2.18. The fourth-order valence-electron chi connectivity index (χ4n) is 1.68. The summed E-state index contributed by atoms with van der Waals surface area (Å²) in [5.41, 5.74) is 0.503. The van der Waals surface area contributed by atoms with Gasteiger partial charge in [-0.3, -0.25) is 9.98 Å². The van der Waals surface area contributed by atoms with Crippen LogP contribution < -0.4 is 10.6 Å². The van der Waals surface area contributed by atoms with Crippen LogP contribution in [-0.4, -0.2) is 38.7 Å². The molecule has 2 N–H and O–H groups in total. The SMILES string of the molecule is CN=C(NCc1ncccc1S(C)(=O)=O)NC1CC1. The van der Waals surface area contributed by atoms with E-state index in [0.29, 0.717) is 24.2 Å². The van der Waals surface area contributed by atoms with E-state index in [2.05, 4.69) is 20.6 Å². The van der Waals surface area contributed by atoms with Crippen molar-refractivity contribution in [2.24, 2.45) is 4.99 Å². The van der Waals surface area contributed by atoms with Gasteiger partial charge in [-0.15, -0.1) is 0 Å². The van der Waals surface area contributed by atoms with Crippen LogP contribution >= 0.6 is 0 Å². The van der Waals surface area contributed by atoms with Gasteiger partial charge in [0.05, 0.1) is 17.1 Å². The topological polar surface area (TPSA) is 83.5 Å². The molecule has 0 saturated heterocycles. The molecule has 1 heterocycles. The van der Waals surface area contributed by atoms with Gasteiger partial charge in [0.25, 0.3) is 0 Å². The lowest BCUT2D eigenvalue weighted by Gasteiger charge is -2.12. The number of aliphatic imine (C=N–C) groups is 1. The van der Waals surface area contributed by atoms with Crippen LogP contribution in [-0.2, 0) is 16.4 Å². The predicted molar refractivity (Wildman–Crippen MR) is 73.7 cm³/mol. The summed E-state index contributed by atoms with van der Waals surface area (Å²) in [6, 6.07) is 3.68. The molecule has 0 aromatic carbocycles. The first-order valence-corrected chi connectivity index (χ1v) is 8.01. The summed E-state index contributed by atoms with van der Waals surface area (Å²) in [5.74, 6) is 0.674. The van der Waals surface area contributed by atoms with Crippen LogP contribution in [0.2, 0.25) is 0 Å². The van der Waals surface area contributed by atoms with Crippen LogP contribution in [0.4, 0.5) is 0 Å². The maximum Gasteiger partial charge on any atom is 0.191 e. The average Bonchev–Trinajstić information content (AvgIpc) is 3.17. The summed E-state index contributed by atoms with van der Waals surface area (Å²) in [6.45, 7) is 0.329. The van der Waals surface area contributed by atoms with Crippen molar-refractivity contribution in [3.05, 3.63) is 24.0 Å². The summed E-state index contributed by atoms with van der Waals surface area (Å²) in [5, 5.41) is 6.31. The Labute approximate surface area is 113 Å². The molecule has 0 aliphatic heterocycles. The van der Waals surface area contributed by atoms with E-state index in [-0.39, 0.29) is 4.90 Å². The molecular weight excluding hydrogens is 264 g/mol. The number of aromatic nitrogens is 1. The maximum atomic E-state index is 11.6. The van der Waals surface area contributed by atoms with E-state index in [0.717, 1.165) is 12.8 Å². The van der Waals surface area contributed by atoms with Crippen molar-refractivity contribution in [2.45, 2.75) is 30.3 Å². The molecule has 0 radical (unpaired) electrons. The lowest BCUT2D eigenvalue weighted by molar-refractivity contribution is 0.599.